The number of hydrogen-bond acceptors (Lipinski definition) is 4. The summed E-state index contributed by atoms with van der Waals surface area (Å²) in [5.74, 6) is 0.00713. The van der Waals surface area contributed by atoms with Gasteiger partial charge in [0.25, 0.3) is 0 Å². The molecule has 1 rings (SSSR count). The number of nitrogens with zero attached hydrogens (tertiary/aromatic N) is 1. The first-order valence-electron chi connectivity index (χ1n) is 4.73. The third-order valence-corrected chi connectivity index (χ3v) is 2.71. The van der Waals surface area contributed by atoms with Crippen molar-refractivity contribution in [2.45, 2.75) is 12.8 Å². The molecule has 0 radical (unpaired) electrons. The van der Waals surface area contributed by atoms with Crippen molar-refractivity contribution in [2.24, 2.45) is 5.73 Å². The summed E-state index contributed by atoms with van der Waals surface area (Å²) >= 11 is 5.96. The van der Waals surface area contributed by atoms with E-state index < -0.39 is 4.92 Å². The predicted molar refractivity (Wildman–Crippen MR) is 62.1 cm³/mol. The van der Waals surface area contributed by atoms with E-state index in [1.807, 2.05) is 0 Å². The van der Waals surface area contributed by atoms with E-state index in [9.17, 15) is 10.1 Å². The molecule has 0 aliphatic rings. The number of nitro groups is 1. The topological polar surface area (TPSA) is 78.4 Å². The standard InChI is InChI=1S/C10H13ClN2O3/c1-6(5-12)9-7(11)3-4-8(16-2)10(9)13(14)15/h3-4,6H,5,12H2,1-2H3. The average Bonchev–Trinajstić information content (AvgIpc) is 2.27. The first kappa shape index (κ1) is 12.7. The third-order valence-electron chi connectivity index (χ3n) is 2.38. The second kappa shape index (κ2) is 5.14. The van der Waals surface area contributed by atoms with E-state index in [2.05, 4.69) is 0 Å². The minimum absolute atomic E-state index is 0.104. The molecule has 0 saturated carbocycles. The van der Waals surface area contributed by atoms with Crippen LogP contribution in [0.2, 0.25) is 5.02 Å². The number of ether oxygens (including phenoxy) is 1. The summed E-state index contributed by atoms with van der Waals surface area (Å²) < 4.78 is 4.96. The SMILES string of the molecule is COc1ccc(Cl)c(C(C)CN)c1[N+](=O)[O-]. The van der Waals surface area contributed by atoms with Crippen molar-refractivity contribution in [3.05, 3.63) is 32.8 Å². The summed E-state index contributed by atoms with van der Waals surface area (Å²) in [6.45, 7) is 2.07. The second-order valence-electron chi connectivity index (χ2n) is 3.41. The molecule has 1 aromatic carbocycles. The van der Waals surface area contributed by atoms with Gasteiger partial charge in [-0.15, -0.1) is 0 Å². The molecule has 0 spiro atoms. The van der Waals surface area contributed by atoms with E-state index in [-0.39, 0.29) is 23.9 Å². The average molecular weight is 245 g/mol. The Hall–Kier alpha value is -1.33. The highest BCUT2D eigenvalue weighted by atomic mass is 35.5. The highest BCUT2D eigenvalue weighted by molar-refractivity contribution is 6.31. The van der Waals surface area contributed by atoms with Gasteiger partial charge in [0.05, 0.1) is 22.6 Å². The Morgan fingerprint density at radius 2 is 2.25 bits per heavy atom. The van der Waals surface area contributed by atoms with Crippen LogP contribution in [-0.2, 0) is 0 Å². The van der Waals surface area contributed by atoms with E-state index in [0.717, 1.165) is 0 Å². The molecular formula is C10H13ClN2O3. The van der Waals surface area contributed by atoms with Crippen molar-refractivity contribution in [2.75, 3.05) is 13.7 Å². The van der Waals surface area contributed by atoms with Gasteiger partial charge in [-0.25, -0.2) is 0 Å². The Balaban J connectivity index is 3.47. The quantitative estimate of drug-likeness (QED) is 0.651. The fourth-order valence-electron chi connectivity index (χ4n) is 1.50. The smallest absolute Gasteiger partial charge is 0.315 e. The Morgan fingerprint density at radius 3 is 2.69 bits per heavy atom. The molecule has 0 heterocycles. The van der Waals surface area contributed by atoms with Crippen LogP contribution in [0.4, 0.5) is 5.69 Å². The molecule has 0 bridgehead atoms. The Kier molecular flexibility index (Phi) is 4.09. The van der Waals surface area contributed by atoms with Crippen LogP contribution in [0.15, 0.2) is 12.1 Å². The number of nitro benzene ring substituents is 1. The third kappa shape index (κ3) is 2.25. The molecule has 0 saturated heterocycles. The van der Waals surface area contributed by atoms with Crippen molar-refractivity contribution < 1.29 is 9.66 Å². The summed E-state index contributed by atoms with van der Waals surface area (Å²) in [6, 6.07) is 3.06. The molecule has 0 amide bonds. The molecule has 2 N–H and O–H groups in total. The Bertz CT molecular complexity index is 409. The zero-order chi connectivity index (χ0) is 12.3. The summed E-state index contributed by atoms with van der Waals surface area (Å²) in [4.78, 5) is 10.5. The zero-order valence-electron chi connectivity index (χ0n) is 9.07. The minimum Gasteiger partial charge on any atom is -0.490 e. The van der Waals surface area contributed by atoms with E-state index >= 15 is 0 Å². The Morgan fingerprint density at radius 1 is 1.62 bits per heavy atom. The number of methoxy groups -OCH3 is 1. The van der Waals surface area contributed by atoms with Gasteiger partial charge < -0.3 is 10.5 Å². The molecule has 1 aromatic rings. The fourth-order valence-corrected chi connectivity index (χ4v) is 1.84. The van der Waals surface area contributed by atoms with Gasteiger partial charge in [-0.05, 0) is 18.7 Å². The monoisotopic (exact) mass is 244 g/mol. The number of nitrogens with two attached hydrogens (primary N) is 1. The van der Waals surface area contributed by atoms with Crippen LogP contribution in [0.3, 0.4) is 0 Å². The molecular weight excluding hydrogens is 232 g/mol. The second-order valence-corrected chi connectivity index (χ2v) is 3.81. The molecule has 1 unspecified atom stereocenters. The van der Waals surface area contributed by atoms with Gasteiger partial charge >= 0.3 is 5.69 Å². The van der Waals surface area contributed by atoms with Gasteiger partial charge in [-0.1, -0.05) is 18.5 Å². The zero-order valence-corrected chi connectivity index (χ0v) is 9.82. The molecule has 0 aliphatic carbocycles. The normalized spacial score (nSPS) is 12.2. The molecule has 0 fully saturated rings. The lowest BCUT2D eigenvalue weighted by Crippen LogP contribution is -2.12. The maximum absolute atomic E-state index is 11.0. The number of benzene rings is 1. The molecule has 0 aliphatic heterocycles. The molecule has 16 heavy (non-hydrogen) atoms. The van der Waals surface area contributed by atoms with Crippen LogP contribution >= 0.6 is 11.6 Å². The lowest BCUT2D eigenvalue weighted by Gasteiger charge is -2.13. The van der Waals surface area contributed by atoms with Crippen LogP contribution in [0.5, 0.6) is 5.75 Å². The molecule has 88 valence electrons. The van der Waals surface area contributed by atoms with E-state index in [1.165, 1.54) is 13.2 Å². The van der Waals surface area contributed by atoms with Crippen LogP contribution in [0.1, 0.15) is 18.4 Å². The highest BCUT2D eigenvalue weighted by Gasteiger charge is 2.26. The fraction of sp³-hybridized carbons (Fsp3) is 0.400. The van der Waals surface area contributed by atoms with E-state index in [4.69, 9.17) is 22.1 Å². The number of hydrogen-bond donors (Lipinski definition) is 1. The highest BCUT2D eigenvalue weighted by Crippen LogP contribution is 2.39. The van der Waals surface area contributed by atoms with Gasteiger partial charge in [0, 0.05) is 5.92 Å². The first-order valence-corrected chi connectivity index (χ1v) is 5.11. The van der Waals surface area contributed by atoms with Crippen LogP contribution in [-0.4, -0.2) is 18.6 Å². The number of rotatable bonds is 4. The van der Waals surface area contributed by atoms with Gasteiger partial charge in [-0.2, -0.15) is 0 Å². The van der Waals surface area contributed by atoms with Crippen LogP contribution < -0.4 is 10.5 Å². The van der Waals surface area contributed by atoms with Crippen molar-refractivity contribution in [3.63, 3.8) is 0 Å². The maximum atomic E-state index is 11.0. The van der Waals surface area contributed by atoms with E-state index in [1.54, 1.807) is 13.0 Å². The van der Waals surface area contributed by atoms with Crippen molar-refractivity contribution in [1.82, 2.24) is 0 Å². The molecule has 5 nitrogen and oxygen atoms in total. The summed E-state index contributed by atoms with van der Waals surface area (Å²) in [7, 11) is 1.38. The molecule has 6 heteroatoms. The van der Waals surface area contributed by atoms with Gasteiger partial charge in [0.15, 0.2) is 5.75 Å². The van der Waals surface area contributed by atoms with E-state index in [0.29, 0.717) is 10.6 Å². The van der Waals surface area contributed by atoms with Crippen LogP contribution in [0.25, 0.3) is 0 Å². The van der Waals surface area contributed by atoms with Crippen LogP contribution in [0, 0.1) is 10.1 Å². The largest absolute Gasteiger partial charge is 0.490 e. The predicted octanol–water partition coefficient (Wildman–Crippen LogP) is 2.32. The van der Waals surface area contributed by atoms with Gasteiger partial charge in [0.2, 0.25) is 0 Å². The molecule has 1 atom stereocenters. The lowest BCUT2D eigenvalue weighted by molar-refractivity contribution is -0.386. The lowest BCUT2D eigenvalue weighted by atomic mass is 9.99. The van der Waals surface area contributed by atoms with Gasteiger partial charge in [-0.3, -0.25) is 10.1 Å². The van der Waals surface area contributed by atoms with Gasteiger partial charge in [0.1, 0.15) is 0 Å². The molecule has 0 aromatic heterocycles. The minimum atomic E-state index is -0.494. The maximum Gasteiger partial charge on any atom is 0.315 e. The van der Waals surface area contributed by atoms with Crippen molar-refractivity contribution in [3.8, 4) is 5.75 Å². The number of halogens is 1. The summed E-state index contributed by atoms with van der Waals surface area (Å²) in [5.41, 5.74) is 5.83. The first-order chi connectivity index (χ1) is 7.52. The summed E-state index contributed by atoms with van der Waals surface area (Å²) in [6.07, 6.45) is 0. The summed E-state index contributed by atoms with van der Waals surface area (Å²) in [5, 5.41) is 11.3. The Labute approximate surface area is 98.3 Å². The van der Waals surface area contributed by atoms with Crippen molar-refractivity contribution >= 4 is 17.3 Å². The van der Waals surface area contributed by atoms with Crippen molar-refractivity contribution in [1.29, 1.82) is 0 Å².